The Kier molecular flexibility index (Phi) is 5.48. The van der Waals surface area contributed by atoms with Crippen molar-refractivity contribution < 1.29 is 22.4 Å². The topological polar surface area (TPSA) is 104 Å². The van der Waals surface area contributed by atoms with Gasteiger partial charge in [0.15, 0.2) is 5.76 Å². The van der Waals surface area contributed by atoms with Crippen molar-refractivity contribution in [3.05, 3.63) is 47.9 Å². The second-order valence-electron chi connectivity index (χ2n) is 5.88. The van der Waals surface area contributed by atoms with Gasteiger partial charge in [-0.25, -0.2) is 8.42 Å². The van der Waals surface area contributed by atoms with E-state index in [-0.39, 0.29) is 48.3 Å². The molecule has 1 aromatic heterocycles. The average Bonchev–Trinajstić information content (AvgIpc) is 3.22. The third-order valence-corrected chi connectivity index (χ3v) is 6.16. The molecule has 2 aromatic rings. The predicted octanol–water partition coefficient (Wildman–Crippen LogP) is 1.70. The summed E-state index contributed by atoms with van der Waals surface area (Å²) in [4.78, 5) is 13.9. The number of hydrogen-bond acceptors (Lipinski definition) is 6. The van der Waals surface area contributed by atoms with Gasteiger partial charge in [-0.3, -0.25) is 4.79 Å². The molecule has 1 aliphatic rings. The molecule has 3 rings (SSSR count). The highest BCUT2D eigenvalue weighted by molar-refractivity contribution is 7.89. The molecular weight excluding hydrogens is 370 g/mol. The first-order chi connectivity index (χ1) is 13.0. The van der Waals surface area contributed by atoms with Crippen molar-refractivity contribution in [2.45, 2.75) is 11.8 Å². The van der Waals surface area contributed by atoms with Gasteiger partial charge in [-0.15, -0.1) is 0 Å². The van der Waals surface area contributed by atoms with Gasteiger partial charge in [-0.05, 0) is 37.3 Å². The highest BCUT2D eigenvalue weighted by Gasteiger charge is 2.31. The van der Waals surface area contributed by atoms with Crippen LogP contribution in [0.2, 0.25) is 0 Å². The van der Waals surface area contributed by atoms with Gasteiger partial charge in [0.25, 0.3) is 5.91 Å². The summed E-state index contributed by atoms with van der Waals surface area (Å²) in [5.74, 6) is 0.328. The van der Waals surface area contributed by atoms with E-state index >= 15 is 0 Å². The maximum Gasteiger partial charge on any atom is 0.289 e. The van der Waals surface area contributed by atoms with Gasteiger partial charge in [-0.2, -0.15) is 9.57 Å². The summed E-state index contributed by atoms with van der Waals surface area (Å²) in [5.41, 5.74) is 0.171. The number of sulfonamides is 1. The molecular formula is C18H19N3O5S. The number of benzene rings is 1. The van der Waals surface area contributed by atoms with E-state index in [0.29, 0.717) is 12.4 Å². The Balaban J connectivity index is 1.73. The summed E-state index contributed by atoms with van der Waals surface area (Å²) in [7, 11) is -3.76. The van der Waals surface area contributed by atoms with Crippen LogP contribution in [0.3, 0.4) is 0 Å². The lowest BCUT2D eigenvalue weighted by atomic mass is 10.2. The maximum atomic E-state index is 12.9. The smallest absolute Gasteiger partial charge is 0.289 e. The first-order valence-electron chi connectivity index (χ1n) is 8.47. The fourth-order valence-corrected chi connectivity index (χ4v) is 4.32. The predicted molar refractivity (Wildman–Crippen MR) is 95.7 cm³/mol. The van der Waals surface area contributed by atoms with Crippen LogP contribution in [0, 0.1) is 11.3 Å². The minimum Gasteiger partial charge on any atom is -0.492 e. The lowest BCUT2D eigenvalue weighted by Gasteiger charge is -2.33. The van der Waals surface area contributed by atoms with Gasteiger partial charge in [0.1, 0.15) is 11.8 Å². The fraction of sp³-hybridized carbons (Fsp3) is 0.333. The van der Waals surface area contributed by atoms with Crippen molar-refractivity contribution in [3.63, 3.8) is 0 Å². The van der Waals surface area contributed by atoms with Gasteiger partial charge in [0, 0.05) is 26.2 Å². The second-order valence-corrected chi connectivity index (χ2v) is 7.81. The lowest BCUT2D eigenvalue weighted by molar-refractivity contribution is 0.0666. The fourth-order valence-electron chi connectivity index (χ4n) is 2.87. The number of nitrogens with zero attached hydrogens (tertiary/aromatic N) is 3. The van der Waals surface area contributed by atoms with E-state index in [1.165, 1.54) is 28.8 Å². The number of carbonyl (C=O) groups excluding carboxylic acids is 1. The second kappa shape index (κ2) is 7.82. The summed E-state index contributed by atoms with van der Waals surface area (Å²) in [6, 6.07) is 9.42. The zero-order valence-corrected chi connectivity index (χ0v) is 15.6. The Hall–Kier alpha value is -2.83. The Morgan fingerprint density at radius 2 is 2.00 bits per heavy atom. The normalized spacial score (nSPS) is 15.3. The van der Waals surface area contributed by atoms with Gasteiger partial charge in [-0.1, -0.05) is 0 Å². The molecule has 27 heavy (non-hydrogen) atoms. The first-order valence-corrected chi connectivity index (χ1v) is 9.91. The number of carbonyl (C=O) groups is 1. The van der Waals surface area contributed by atoms with Crippen LogP contribution in [-0.4, -0.2) is 56.3 Å². The third-order valence-electron chi connectivity index (χ3n) is 4.27. The van der Waals surface area contributed by atoms with E-state index in [0.717, 1.165) is 0 Å². The molecule has 1 aliphatic heterocycles. The molecule has 1 aromatic carbocycles. The van der Waals surface area contributed by atoms with Crippen molar-refractivity contribution in [2.75, 3.05) is 32.8 Å². The molecule has 2 heterocycles. The Labute approximate surface area is 157 Å². The molecule has 0 spiro atoms. The van der Waals surface area contributed by atoms with Gasteiger partial charge in [0.2, 0.25) is 10.0 Å². The number of furan rings is 1. The molecule has 0 N–H and O–H groups in total. The molecule has 0 atom stereocenters. The molecule has 142 valence electrons. The van der Waals surface area contributed by atoms with Crippen LogP contribution >= 0.6 is 0 Å². The van der Waals surface area contributed by atoms with Crippen molar-refractivity contribution >= 4 is 15.9 Å². The summed E-state index contributed by atoms with van der Waals surface area (Å²) >= 11 is 0. The Morgan fingerprint density at radius 1 is 1.26 bits per heavy atom. The summed E-state index contributed by atoms with van der Waals surface area (Å²) < 4.78 is 37.5. The minimum absolute atomic E-state index is 0.0355. The standard InChI is InChI=1S/C18H19N3O5S/c1-2-25-16-6-5-15(12-14(16)13-19)27(23,24)21-9-7-20(8-10-21)18(22)17-4-3-11-26-17/h3-6,11-12H,2,7-10H2,1H3. The van der Waals surface area contributed by atoms with Gasteiger partial charge >= 0.3 is 0 Å². The van der Waals surface area contributed by atoms with Crippen LogP contribution in [0.5, 0.6) is 5.75 Å². The Morgan fingerprint density at radius 3 is 2.59 bits per heavy atom. The monoisotopic (exact) mass is 389 g/mol. The number of nitriles is 1. The largest absolute Gasteiger partial charge is 0.492 e. The molecule has 0 unspecified atom stereocenters. The maximum absolute atomic E-state index is 12.9. The Bertz CT molecular complexity index is 955. The molecule has 9 heteroatoms. The zero-order valence-electron chi connectivity index (χ0n) is 14.8. The van der Waals surface area contributed by atoms with E-state index < -0.39 is 10.0 Å². The third kappa shape index (κ3) is 3.82. The van der Waals surface area contributed by atoms with Crippen LogP contribution in [0.25, 0.3) is 0 Å². The van der Waals surface area contributed by atoms with E-state index in [1.54, 1.807) is 24.0 Å². The molecule has 1 fully saturated rings. The molecule has 0 aliphatic carbocycles. The van der Waals surface area contributed by atoms with Gasteiger partial charge < -0.3 is 14.1 Å². The van der Waals surface area contributed by atoms with E-state index in [1.807, 2.05) is 6.07 Å². The zero-order chi connectivity index (χ0) is 19.4. The highest BCUT2D eigenvalue weighted by Crippen LogP contribution is 2.25. The number of hydrogen-bond donors (Lipinski definition) is 0. The first kappa shape index (κ1) is 18.9. The number of rotatable bonds is 5. The lowest BCUT2D eigenvalue weighted by Crippen LogP contribution is -2.50. The van der Waals surface area contributed by atoms with Crippen molar-refractivity contribution in [2.24, 2.45) is 0 Å². The van der Waals surface area contributed by atoms with E-state index in [9.17, 15) is 18.5 Å². The molecule has 1 amide bonds. The van der Waals surface area contributed by atoms with Crippen LogP contribution in [0.4, 0.5) is 0 Å². The van der Waals surface area contributed by atoms with Gasteiger partial charge in [0.05, 0.1) is 23.3 Å². The number of ether oxygens (including phenoxy) is 1. The van der Waals surface area contributed by atoms with Crippen LogP contribution in [0.1, 0.15) is 23.0 Å². The molecule has 0 radical (unpaired) electrons. The summed E-state index contributed by atoms with van der Waals surface area (Å²) in [6.45, 7) is 3.04. The number of piperazine rings is 1. The summed E-state index contributed by atoms with van der Waals surface area (Å²) in [5, 5.41) is 9.24. The SMILES string of the molecule is CCOc1ccc(S(=O)(=O)N2CCN(C(=O)c3ccco3)CC2)cc1C#N. The van der Waals surface area contributed by atoms with Crippen LogP contribution in [-0.2, 0) is 10.0 Å². The van der Waals surface area contributed by atoms with E-state index in [2.05, 4.69) is 0 Å². The minimum atomic E-state index is -3.76. The van der Waals surface area contributed by atoms with Crippen LogP contribution < -0.4 is 4.74 Å². The number of amides is 1. The van der Waals surface area contributed by atoms with E-state index in [4.69, 9.17) is 9.15 Å². The van der Waals surface area contributed by atoms with Crippen molar-refractivity contribution in [1.82, 2.24) is 9.21 Å². The molecule has 0 saturated carbocycles. The van der Waals surface area contributed by atoms with Crippen LogP contribution in [0.15, 0.2) is 45.9 Å². The molecule has 1 saturated heterocycles. The highest BCUT2D eigenvalue weighted by atomic mass is 32.2. The quantitative estimate of drug-likeness (QED) is 0.771. The van der Waals surface area contributed by atoms with Crippen molar-refractivity contribution in [3.8, 4) is 11.8 Å². The molecule has 8 nitrogen and oxygen atoms in total. The van der Waals surface area contributed by atoms with Crippen molar-refractivity contribution in [1.29, 1.82) is 5.26 Å². The molecule has 0 bridgehead atoms. The average molecular weight is 389 g/mol. The summed E-state index contributed by atoms with van der Waals surface area (Å²) in [6.07, 6.45) is 1.42.